The number of para-hydroxylation sites is 1. The van der Waals surface area contributed by atoms with Crippen LogP contribution in [0.15, 0.2) is 24.3 Å². The average molecular weight is 414 g/mol. The number of amides is 2. The van der Waals surface area contributed by atoms with Gasteiger partial charge in [0.2, 0.25) is 5.91 Å². The van der Waals surface area contributed by atoms with Crippen molar-refractivity contribution in [2.75, 3.05) is 26.2 Å². The van der Waals surface area contributed by atoms with Crippen LogP contribution in [0.3, 0.4) is 0 Å². The van der Waals surface area contributed by atoms with Crippen molar-refractivity contribution < 1.29 is 18.7 Å². The van der Waals surface area contributed by atoms with Crippen LogP contribution in [0.1, 0.15) is 32.6 Å². The molecule has 2 saturated heterocycles. The van der Waals surface area contributed by atoms with Gasteiger partial charge < -0.3 is 20.3 Å². The summed E-state index contributed by atoms with van der Waals surface area (Å²) in [7, 11) is 0. The first-order chi connectivity index (χ1) is 13.0. The first-order valence-corrected chi connectivity index (χ1v) is 9.75. The Hall–Kier alpha value is -1.86. The summed E-state index contributed by atoms with van der Waals surface area (Å²) in [6.07, 6.45) is 3.03. The second kappa shape index (κ2) is 10.6. The minimum absolute atomic E-state index is 0. The molecule has 0 bridgehead atoms. The lowest BCUT2D eigenvalue weighted by atomic mass is 9.97. The molecule has 3 unspecified atom stereocenters. The number of hydrogen-bond donors (Lipinski definition) is 2. The van der Waals surface area contributed by atoms with E-state index in [1.165, 1.54) is 12.1 Å². The van der Waals surface area contributed by atoms with Crippen LogP contribution in [0.4, 0.5) is 4.39 Å². The van der Waals surface area contributed by atoms with Gasteiger partial charge in [0.25, 0.3) is 5.91 Å². The number of hydrogen-bond acceptors (Lipinski definition) is 4. The second-order valence-corrected chi connectivity index (χ2v) is 7.38. The van der Waals surface area contributed by atoms with Crippen LogP contribution in [0.5, 0.6) is 5.75 Å². The highest BCUT2D eigenvalue weighted by atomic mass is 35.5. The van der Waals surface area contributed by atoms with E-state index in [2.05, 4.69) is 10.6 Å². The highest BCUT2D eigenvalue weighted by Crippen LogP contribution is 2.20. The van der Waals surface area contributed by atoms with E-state index in [9.17, 15) is 14.0 Å². The summed E-state index contributed by atoms with van der Waals surface area (Å²) in [6, 6.07) is 6.00. The van der Waals surface area contributed by atoms with Crippen molar-refractivity contribution in [2.24, 2.45) is 5.92 Å². The second-order valence-electron chi connectivity index (χ2n) is 7.38. The predicted molar refractivity (Wildman–Crippen MR) is 107 cm³/mol. The molecule has 0 radical (unpaired) electrons. The molecule has 6 nitrogen and oxygen atoms in total. The van der Waals surface area contributed by atoms with Gasteiger partial charge >= 0.3 is 0 Å². The van der Waals surface area contributed by atoms with E-state index in [0.29, 0.717) is 19.6 Å². The Morgan fingerprint density at radius 1 is 1.32 bits per heavy atom. The largest absolute Gasteiger partial charge is 0.478 e. The van der Waals surface area contributed by atoms with Gasteiger partial charge in [0, 0.05) is 19.6 Å². The number of nitrogens with one attached hydrogen (secondary N) is 2. The van der Waals surface area contributed by atoms with Crippen LogP contribution in [0.25, 0.3) is 0 Å². The average Bonchev–Trinajstić information content (AvgIpc) is 3.22. The third-order valence-electron chi connectivity index (χ3n) is 5.26. The summed E-state index contributed by atoms with van der Waals surface area (Å²) in [5, 5.41) is 6.20. The van der Waals surface area contributed by atoms with Crippen LogP contribution >= 0.6 is 12.4 Å². The fourth-order valence-corrected chi connectivity index (χ4v) is 3.75. The number of carbonyl (C=O) groups is 2. The minimum Gasteiger partial charge on any atom is -0.478 e. The Labute approximate surface area is 171 Å². The fourth-order valence-electron chi connectivity index (χ4n) is 3.75. The number of piperidine rings is 1. The maximum atomic E-state index is 13.7. The maximum absolute atomic E-state index is 13.7. The third kappa shape index (κ3) is 5.82. The molecule has 1 aromatic carbocycles. The molecule has 2 aliphatic rings. The molecule has 3 rings (SSSR count). The normalized spacial score (nSPS) is 22.9. The van der Waals surface area contributed by atoms with Crippen molar-refractivity contribution in [1.82, 2.24) is 15.5 Å². The Balaban J connectivity index is 0.00000280. The number of benzene rings is 1. The molecule has 8 heteroatoms. The predicted octanol–water partition coefficient (Wildman–Crippen LogP) is 2.12. The van der Waals surface area contributed by atoms with E-state index in [-0.39, 0.29) is 41.9 Å². The van der Waals surface area contributed by atoms with E-state index in [1.54, 1.807) is 24.0 Å². The van der Waals surface area contributed by atoms with Gasteiger partial charge in [0.05, 0.1) is 6.04 Å². The fraction of sp³-hybridized carbons (Fsp3) is 0.600. The summed E-state index contributed by atoms with van der Waals surface area (Å²) in [4.78, 5) is 26.6. The quantitative estimate of drug-likeness (QED) is 0.749. The van der Waals surface area contributed by atoms with E-state index in [1.807, 2.05) is 0 Å². The molecule has 156 valence electrons. The zero-order chi connectivity index (χ0) is 19.2. The summed E-state index contributed by atoms with van der Waals surface area (Å²) in [5.74, 6) is -0.257. The van der Waals surface area contributed by atoms with Gasteiger partial charge in [0.1, 0.15) is 0 Å². The Bertz CT molecular complexity index is 670. The number of carbonyl (C=O) groups excluding carboxylic acids is 2. The van der Waals surface area contributed by atoms with Gasteiger partial charge in [-0.2, -0.15) is 0 Å². The van der Waals surface area contributed by atoms with Gasteiger partial charge in [0.15, 0.2) is 17.7 Å². The highest BCUT2D eigenvalue weighted by molar-refractivity contribution is 5.85. The standard InChI is InChI=1S/C20H28FN3O3.ClH/c1-14(27-18-9-3-2-7-16(18)21)20(26)24-11-5-6-15(13-24)12-23-19(25)17-8-4-10-22-17;/h2-3,7,9,14-15,17,22H,4-6,8,10-13H2,1H3,(H,23,25);1H. The molecule has 0 aliphatic carbocycles. The monoisotopic (exact) mass is 413 g/mol. The van der Waals surface area contributed by atoms with E-state index >= 15 is 0 Å². The van der Waals surface area contributed by atoms with Crippen molar-refractivity contribution in [3.05, 3.63) is 30.1 Å². The Morgan fingerprint density at radius 3 is 2.82 bits per heavy atom. The summed E-state index contributed by atoms with van der Waals surface area (Å²) >= 11 is 0. The molecule has 2 amide bonds. The van der Waals surface area contributed by atoms with Gasteiger partial charge in [-0.25, -0.2) is 4.39 Å². The van der Waals surface area contributed by atoms with Gasteiger partial charge in [-0.1, -0.05) is 12.1 Å². The number of nitrogens with zero attached hydrogens (tertiary/aromatic N) is 1. The van der Waals surface area contributed by atoms with Crippen molar-refractivity contribution in [2.45, 2.75) is 44.8 Å². The zero-order valence-corrected chi connectivity index (χ0v) is 17.0. The number of likely N-dealkylation sites (tertiary alicyclic amines) is 1. The van der Waals surface area contributed by atoms with Crippen molar-refractivity contribution in [3.63, 3.8) is 0 Å². The summed E-state index contributed by atoms with van der Waals surface area (Å²) in [6.45, 7) is 4.36. The Kier molecular flexibility index (Phi) is 8.51. The maximum Gasteiger partial charge on any atom is 0.263 e. The SMILES string of the molecule is CC(Oc1ccccc1F)C(=O)N1CCCC(CNC(=O)C2CCCN2)C1.Cl. The molecule has 2 aliphatic heterocycles. The summed E-state index contributed by atoms with van der Waals surface area (Å²) in [5.41, 5.74) is 0. The van der Waals surface area contributed by atoms with Crippen LogP contribution in [0, 0.1) is 11.7 Å². The van der Waals surface area contributed by atoms with Crippen molar-refractivity contribution in [3.8, 4) is 5.75 Å². The van der Waals surface area contributed by atoms with E-state index in [4.69, 9.17) is 4.74 Å². The number of ether oxygens (including phenoxy) is 1. The topological polar surface area (TPSA) is 70.7 Å². The Morgan fingerprint density at radius 2 is 2.11 bits per heavy atom. The van der Waals surface area contributed by atoms with Crippen molar-refractivity contribution >= 4 is 24.2 Å². The molecule has 3 atom stereocenters. The smallest absolute Gasteiger partial charge is 0.263 e. The lowest BCUT2D eigenvalue weighted by Gasteiger charge is -2.34. The van der Waals surface area contributed by atoms with Crippen LogP contribution in [0.2, 0.25) is 0 Å². The molecule has 28 heavy (non-hydrogen) atoms. The van der Waals surface area contributed by atoms with Crippen LogP contribution in [-0.2, 0) is 9.59 Å². The lowest BCUT2D eigenvalue weighted by molar-refractivity contribution is -0.139. The molecule has 0 spiro atoms. The lowest BCUT2D eigenvalue weighted by Crippen LogP contribution is -2.49. The molecule has 2 N–H and O–H groups in total. The van der Waals surface area contributed by atoms with E-state index < -0.39 is 11.9 Å². The minimum atomic E-state index is -0.752. The molecule has 2 heterocycles. The zero-order valence-electron chi connectivity index (χ0n) is 16.2. The first kappa shape index (κ1) is 22.4. The number of rotatable bonds is 6. The molecular formula is C20H29ClFN3O3. The third-order valence-corrected chi connectivity index (χ3v) is 5.26. The van der Waals surface area contributed by atoms with Crippen LogP contribution in [-0.4, -0.2) is 55.0 Å². The molecular weight excluding hydrogens is 385 g/mol. The molecule has 2 fully saturated rings. The van der Waals surface area contributed by atoms with E-state index in [0.717, 1.165) is 32.2 Å². The van der Waals surface area contributed by atoms with Crippen LogP contribution < -0.4 is 15.4 Å². The molecule has 1 aromatic rings. The van der Waals surface area contributed by atoms with Gasteiger partial charge in [-0.3, -0.25) is 9.59 Å². The molecule has 0 aromatic heterocycles. The first-order valence-electron chi connectivity index (χ1n) is 9.75. The van der Waals surface area contributed by atoms with Gasteiger partial charge in [-0.15, -0.1) is 12.4 Å². The number of halogens is 2. The van der Waals surface area contributed by atoms with Crippen molar-refractivity contribution in [1.29, 1.82) is 0 Å². The summed E-state index contributed by atoms with van der Waals surface area (Å²) < 4.78 is 19.2. The highest BCUT2D eigenvalue weighted by Gasteiger charge is 2.29. The molecule has 0 saturated carbocycles. The van der Waals surface area contributed by atoms with Gasteiger partial charge in [-0.05, 0) is 57.2 Å².